The summed E-state index contributed by atoms with van der Waals surface area (Å²) in [5.41, 5.74) is 0.977. The first-order chi connectivity index (χ1) is 21.5. The van der Waals surface area contributed by atoms with Gasteiger partial charge in [0.25, 0.3) is 10.0 Å². The molecule has 0 saturated carbocycles. The molecular formula is C33H43N3O8S. The maximum atomic E-state index is 14.2. The van der Waals surface area contributed by atoms with Crippen molar-refractivity contribution in [3.63, 3.8) is 0 Å². The number of nitrogens with zero attached hydrogens (tertiary/aromatic N) is 2. The molecule has 12 heteroatoms. The van der Waals surface area contributed by atoms with Crippen LogP contribution in [0, 0.1) is 0 Å². The minimum Gasteiger partial charge on any atom is -0.497 e. The minimum atomic E-state index is -4.32. The lowest BCUT2D eigenvalue weighted by molar-refractivity contribution is -0.139. The zero-order chi connectivity index (χ0) is 33.1. The molecule has 11 nitrogen and oxygen atoms in total. The average Bonchev–Trinajstić information content (AvgIpc) is 3.05. The van der Waals surface area contributed by atoms with Crippen LogP contribution in [0.5, 0.6) is 23.0 Å². The van der Waals surface area contributed by atoms with Gasteiger partial charge in [0.15, 0.2) is 11.5 Å². The number of hydrogen-bond acceptors (Lipinski definition) is 8. The SMILES string of the molecule is CCOc1ccc(N(CC(=O)N(Cc2ccc(OC)cc2)C(C)C(=O)NC(C)CC)S(=O)(=O)c2ccc(OC)c(OC)c2)cc1. The fraction of sp³-hybridized carbons (Fsp3) is 0.394. The highest BCUT2D eigenvalue weighted by Crippen LogP contribution is 2.33. The van der Waals surface area contributed by atoms with Crippen LogP contribution in [0.15, 0.2) is 71.6 Å². The van der Waals surface area contributed by atoms with Crippen LogP contribution >= 0.6 is 0 Å². The molecule has 2 unspecified atom stereocenters. The lowest BCUT2D eigenvalue weighted by atomic mass is 10.1. The van der Waals surface area contributed by atoms with Gasteiger partial charge in [-0.15, -0.1) is 0 Å². The highest BCUT2D eigenvalue weighted by atomic mass is 32.2. The Hall–Kier alpha value is -4.45. The molecule has 3 rings (SSSR count). The molecule has 0 radical (unpaired) electrons. The summed E-state index contributed by atoms with van der Waals surface area (Å²) in [6.07, 6.45) is 0.708. The number of rotatable bonds is 16. The molecular weight excluding hydrogens is 598 g/mol. The maximum Gasteiger partial charge on any atom is 0.264 e. The van der Waals surface area contributed by atoms with Crippen LogP contribution in [0.2, 0.25) is 0 Å². The molecule has 0 aliphatic heterocycles. The quantitative estimate of drug-likeness (QED) is 0.240. The molecule has 0 fully saturated rings. The topological polar surface area (TPSA) is 124 Å². The zero-order valence-electron chi connectivity index (χ0n) is 26.9. The van der Waals surface area contributed by atoms with Crippen molar-refractivity contribution in [1.82, 2.24) is 10.2 Å². The van der Waals surface area contributed by atoms with Crippen molar-refractivity contribution in [3.05, 3.63) is 72.3 Å². The van der Waals surface area contributed by atoms with Crippen LogP contribution in [0.1, 0.15) is 39.7 Å². The molecule has 0 saturated heterocycles. The first-order valence-electron chi connectivity index (χ1n) is 14.7. The van der Waals surface area contributed by atoms with Crippen molar-refractivity contribution in [2.45, 2.75) is 57.6 Å². The monoisotopic (exact) mass is 641 g/mol. The van der Waals surface area contributed by atoms with E-state index in [0.29, 0.717) is 30.3 Å². The third kappa shape index (κ3) is 8.81. The third-order valence-corrected chi connectivity index (χ3v) is 9.11. The molecule has 0 heterocycles. The van der Waals surface area contributed by atoms with Gasteiger partial charge in [-0.3, -0.25) is 13.9 Å². The minimum absolute atomic E-state index is 0.0610. The Morgan fingerprint density at radius 2 is 1.44 bits per heavy atom. The molecule has 0 aromatic heterocycles. The molecule has 45 heavy (non-hydrogen) atoms. The fourth-order valence-electron chi connectivity index (χ4n) is 4.48. The number of methoxy groups -OCH3 is 3. The average molecular weight is 642 g/mol. The number of carbonyl (C=O) groups is 2. The first kappa shape index (κ1) is 35.0. The number of sulfonamides is 1. The van der Waals surface area contributed by atoms with Crippen molar-refractivity contribution in [2.75, 3.05) is 38.8 Å². The van der Waals surface area contributed by atoms with Crippen LogP contribution in [0.4, 0.5) is 5.69 Å². The normalized spacial score (nSPS) is 12.4. The van der Waals surface area contributed by atoms with E-state index < -0.39 is 28.5 Å². The van der Waals surface area contributed by atoms with Crippen LogP contribution in [-0.4, -0.2) is 71.7 Å². The Kier molecular flexibility index (Phi) is 12.5. The molecule has 3 aromatic rings. The number of nitrogens with one attached hydrogen (secondary N) is 1. The molecule has 2 atom stereocenters. The van der Waals surface area contributed by atoms with Gasteiger partial charge < -0.3 is 29.2 Å². The zero-order valence-corrected chi connectivity index (χ0v) is 27.7. The Labute approximate surface area is 266 Å². The van der Waals surface area contributed by atoms with Gasteiger partial charge in [-0.25, -0.2) is 8.42 Å². The van der Waals surface area contributed by atoms with Crippen molar-refractivity contribution in [3.8, 4) is 23.0 Å². The Balaban J connectivity index is 2.07. The van der Waals surface area contributed by atoms with E-state index in [4.69, 9.17) is 18.9 Å². The summed E-state index contributed by atoms with van der Waals surface area (Å²) in [7, 11) is 0.0912. The summed E-state index contributed by atoms with van der Waals surface area (Å²) >= 11 is 0. The van der Waals surface area contributed by atoms with Gasteiger partial charge in [-0.2, -0.15) is 0 Å². The lowest BCUT2D eigenvalue weighted by Gasteiger charge is -2.32. The van der Waals surface area contributed by atoms with E-state index in [9.17, 15) is 18.0 Å². The van der Waals surface area contributed by atoms with E-state index in [1.165, 1.54) is 37.3 Å². The van der Waals surface area contributed by atoms with Gasteiger partial charge in [0.05, 0.1) is 38.5 Å². The Morgan fingerprint density at radius 1 is 0.822 bits per heavy atom. The first-order valence-corrected chi connectivity index (χ1v) is 16.1. The summed E-state index contributed by atoms with van der Waals surface area (Å²) in [6, 6.07) is 16.7. The van der Waals surface area contributed by atoms with E-state index in [1.807, 2.05) is 20.8 Å². The summed E-state index contributed by atoms with van der Waals surface area (Å²) in [4.78, 5) is 28.7. The van der Waals surface area contributed by atoms with Gasteiger partial charge in [0, 0.05) is 18.7 Å². The summed E-state index contributed by atoms with van der Waals surface area (Å²) in [5, 5.41) is 2.93. The molecule has 0 spiro atoms. The van der Waals surface area contributed by atoms with E-state index in [1.54, 1.807) is 62.6 Å². The number of hydrogen-bond donors (Lipinski definition) is 1. The van der Waals surface area contributed by atoms with E-state index in [-0.39, 0.29) is 34.8 Å². The van der Waals surface area contributed by atoms with Crippen molar-refractivity contribution in [2.24, 2.45) is 0 Å². The number of anilines is 1. The smallest absolute Gasteiger partial charge is 0.264 e. The highest BCUT2D eigenvalue weighted by Gasteiger charge is 2.33. The number of carbonyl (C=O) groups excluding carboxylic acids is 2. The van der Waals surface area contributed by atoms with Gasteiger partial charge in [-0.1, -0.05) is 19.1 Å². The maximum absolute atomic E-state index is 14.2. The van der Waals surface area contributed by atoms with Crippen molar-refractivity contribution in [1.29, 1.82) is 0 Å². The second kappa shape index (κ2) is 16.0. The van der Waals surface area contributed by atoms with Crippen LogP contribution in [-0.2, 0) is 26.2 Å². The predicted molar refractivity (Wildman–Crippen MR) is 173 cm³/mol. The fourth-order valence-corrected chi connectivity index (χ4v) is 5.91. The van der Waals surface area contributed by atoms with E-state index in [2.05, 4.69) is 5.32 Å². The second-order valence-electron chi connectivity index (χ2n) is 10.3. The van der Waals surface area contributed by atoms with Crippen LogP contribution < -0.4 is 28.6 Å². The molecule has 2 amide bonds. The lowest BCUT2D eigenvalue weighted by Crippen LogP contribution is -2.52. The number of benzene rings is 3. The van der Waals surface area contributed by atoms with E-state index in [0.717, 1.165) is 9.87 Å². The van der Waals surface area contributed by atoms with Gasteiger partial charge >= 0.3 is 0 Å². The predicted octanol–water partition coefficient (Wildman–Crippen LogP) is 4.64. The van der Waals surface area contributed by atoms with Gasteiger partial charge in [0.2, 0.25) is 11.8 Å². The van der Waals surface area contributed by atoms with Crippen molar-refractivity contribution >= 4 is 27.5 Å². The molecule has 1 N–H and O–H groups in total. The molecule has 3 aromatic carbocycles. The van der Waals surface area contributed by atoms with Crippen molar-refractivity contribution < 1.29 is 37.0 Å². The third-order valence-electron chi connectivity index (χ3n) is 7.34. The number of ether oxygens (including phenoxy) is 4. The highest BCUT2D eigenvalue weighted by molar-refractivity contribution is 7.92. The summed E-state index contributed by atoms with van der Waals surface area (Å²) in [6.45, 7) is 7.21. The summed E-state index contributed by atoms with van der Waals surface area (Å²) in [5.74, 6) is 0.839. The Bertz CT molecular complexity index is 1530. The largest absolute Gasteiger partial charge is 0.497 e. The molecule has 244 valence electrons. The second-order valence-corrected chi connectivity index (χ2v) is 12.2. The molecule has 0 aliphatic carbocycles. The van der Waals surface area contributed by atoms with Gasteiger partial charge in [0.1, 0.15) is 24.1 Å². The molecule has 0 aliphatic rings. The van der Waals surface area contributed by atoms with E-state index >= 15 is 0 Å². The molecule has 0 bridgehead atoms. The van der Waals surface area contributed by atoms with Crippen LogP contribution in [0.25, 0.3) is 0 Å². The summed E-state index contributed by atoms with van der Waals surface area (Å²) < 4.78 is 50.9. The standard InChI is InChI=1S/C33H43N3O8S/c1-8-23(3)34-33(38)24(4)35(21-25-10-14-27(41-5)15-11-25)32(37)22-36(26-12-16-28(17-13-26)44-9-2)45(39,40)29-18-19-30(42-6)31(20-29)43-7/h10-20,23-24H,8-9,21-22H2,1-7H3,(H,34,38). The Morgan fingerprint density at radius 3 is 2.00 bits per heavy atom. The van der Waals surface area contributed by atoms with Gasteiger partial charge in [-0.05, 0) is 81.3 Å². The van der Waals surface area contributed by atoms with Crippen LogP contribution in [0.3, 0.4) is 0 Å². The number of amides is 2.